The normalized spacial score (nSPS) is 12.8. The molecule has 114 valence electrons. The van der Waals surface area contributed by atoms with Crippen LogP contribution in [0.5, 0.6) is 0 Å². The van der Waals surface area contributed by atoms with E-state index in [1.807, 2.05) is 48.5 Å². The summed E-state index contributed by atoms with van der Waals surface area (Å²) < 4.78 is 0. The van der Waals surface area contributed by atoms with Crippen molar-refractivity contribution in [3.05, 3.63) is 102 Å². The number of nitrogens with two attached hydrogens (primary N) is 1. The summed E-state index contributed by atoms with van der Waals surface area (Å²) in [6, 6.07) is 24.4. The zero-order valence-electron chi connectivity index (χ0n) is 12.8. The van der Waals surface area contributed by atoms with Crippen molar-refractivity contribution in [2.75, 3.05) is 0 Å². The summed E-state index contributed by atoms with van der Waals surface area (Å²) in [6.07, 6.45) is 4.28. The molecule has 1 aromatic heterocycles. The number of aromatic nitrogens is 1. The summed E-state index contributed by atoms with van der Waals surface area (Å²) in [6.45, 7) is 0. The molecule has 1 atom stereocenters. The van der Waals surface area contributed by atoms with Gasteiger partial charge in [-0.2, -0.15) is 0 Å². The van der Waals surface area contributed by atoms with E-state index < -0.39 is 0 Å². The Morgan fingerprint density at radius 2 is 1.61 bits per heavy atom. The molecule has 0 saturated heterocycles. The molecule has 3 rings (SSSR count). The highest BCUT2D eigenvalue weighted by atomic mass is 14.9. The Morgan fingerprint density at radius 1 is 0.913 bits per heavy atom. The zero-order chi connectivity index (χ0) is 15.9. The summed E-state index contributed by atoms with van der Waals surface area (Å²) in [5.41, 5.74) is 9.44. The van der Waals surface area contributed by atoms with Gasteiger partial charge in [-0.1, -0.05) is 60.7 Å². The maximum absolute atomic E-state index is 6.20. The number of pyridine rings is 1. The molecule has 23 heavy (non-hydrogen) atoms. The second-order valence-corrected chi connectivity index (χ2v) is 5.37. The minimum absolute atomic E-state index is 0.0150. The fourth-order valence-corrected chi connectivity index (χ4v) is 2.51. The van der Waals surface area contributed by atoms with Crippen LogP contribution < -0.4 is 5.73 Å². The van der Waals surface area contributed by atoms with Crippen molar-refractivity contribution < 1.29 is 0 Å². The summed E-state index contributed by atoms with van der Waals surface area (Å²) in [5, 5.41) is 0. The van der Waals surface area contributed by atoms with Crippen molar-refractivity contribution in [1.29, 1.82) is 0 Å². The number of rotatable bonds is 5. The lowest BCUT2D eigenvalue weighted by atomic mass is 9.99. The maximum atomic E-state index is 6.20. The van der Waals surface area contributed by atoms with Crippen LogP contribution in [0.3, 0.4) is 0 Å². The first-order valence-corrected chi connectivity index (χ1v) is 7.65. The number of hydrogen-bond donors (Lipinski definition) is 1. The molecule has 3 heteroatoms. The molecule has 0 aliphatic heterocycles. The van der Waals surface area contributed by atoms with Crippen LogP contribution in [0.2, 0.25) is 0 Å². The molecule has 1 unspecified atom stereocenters. The monoisotopic (exact) mass is 301 g/mol. The van der Waals surface area contributed by atoms with Crippen molar-refractivity contribution in [3.8, 4) is 0 Å². The fraction of sp³-hybridized carbons (Fsp3) is 0.100. The van der Waals surface area contributed by atoms with Crippen LogP contribution in [-0.2, 0) is 6.42 Å². The highest BCUT2D eigenvalue weighted by Crippen LogP contribution is 2.22. The Labute approximate surface area is 136 Å². The van der Waals surface area contributed by atoms with Gasteiger partial charge in [0.15, 0.2) is 0 Å². The molecular weight excluding hydrogens is 282 g/mol. The molecule has 0 saturated carbocycles. The Morgan fingerprint density at radius 3 is 2.26 bits per heavy atom. The number of hydrogen-bond acceptors (Lipinski definition) is 2. The van der Waals surface area contributed by atoms with Crippen LogP contribution in [0, 0.1) is 0 Å². The first-order chi connectivity index (χ1) is 11.3. The van der Waals surface area contributed by atoms with E-state index in [1.165, 1.54) is 5.56 Å². The highest BCUT2D eigenvalue weighted by Gasteiger charge is 2.12. The number of aliphatic imine (C=N–C) groups is 1. The van der Waals surface area contributed by atoms with E-state index in [2.05, 4.69) is 29.2 Å². The summed E-state index contributed by atoms with van der Waals surface area (Å²) in [4.78, 5) is 8.88. The van der Waals surface area contributed by atoms with Crippen molar-refractivity contribution in [2.24, 2.45) is 10.7 Å². The van der Waals surface area contributed by atoms with Gasteiger partial charge in [-0.05, 0) is 29.7 Å². The summed E-state index contributed by atoms with van der Waals surface area (Å²) in [7, 11) is 0. The molecular formula is C20H19N3. The van der Waals surface area contributed by atoms with E-state index in [1.54, 1.807) is 12.4 Å². The van der Waals surface area contributed by atoms with Gasteiger partial charge < -0.3 is 5.73 Å². The van der Waals surface area contributed by atoms with Crippen LogP contribution in [0.25, 0.3) is 0 Å². The topological polar surface area (TPSA) is 51.3 Å². The van der Waals surface area contributed by atoms with Crippen molar-refractivity contribution in [3.63, 3.8) is 0 Å². The molecule has 3 aromatic rings. The van der Waals surface area contributed by atoms with E-state index in [0.717, 1.165) is 17.5 Å². The number of amidine groups is 1. The lowest BCUT2D eigenvalue weighted by Gasteiger charge is -2.14. The van der Waals surface area contributed by atoms with Crippen molar-refractivity contribution in [2.45, 2.75) is 12.5 Å². The number of nitrogens with zero attached hydrogens (tertiary/aromatic N) is 2. The van der Waals surface area contributed by atoms with E-state index in [4.69, 9.17) is 10.7 Å². The minimum atomic E-state index is -0.0150. The molecule has 0 spiro atoms. The molecule has 0 bridgehead atoms. The summed E-state index contributed by atoms with van der Waals surface area (Å²) >= 11 is 0. The highest BCUT2D eigenvalue weighted by molar-refractivity contribution is 5.97. The molecule has 0 radical (unpaired) electrons. The first-order valence-electron chi connectivity index (χ1n) is 7.65. The molecule has 1 heterocycles. The standard InChI is InChI=1S/C20H19N3/c21-20(18-12-7-13-22-15-18)23-19(17-10-5-2-6-11-17)14-16-8-3-1-4-9-16/h1-13,15,19H,14H2,(H2,21,23). The van der Waals surface area contributed by atoms with Crippen LogP contribution in [-0.4, -0.2) is 10.8 Å². The van der Waals surface area contributed by atoms with Gasteiger partial charge in [0.1, 0.15) is 5.84 Å². The van der Waals surface area contributed by atoms with Crippen molar-refractivity contribution >= 4 is 5.84 Å². The molecule has 0 aliphatic rings. The third kappa shape index (κ3) is 4.04. The third-order valence-electron chi connectivity index (χ3n) is 3.71. The average Bonchev–Trinajstić information content (AvgIpc) is 2.63. The molecule has 0 aliphatic carbocycles. The Bertz CT molecular complexity index is 753. The zero-order valence-corrected chi connectivity index (χ0v) is 12.8. The largest absolute Gasteiger partial charge is 0.383 e. The Balaban J connectivity index is 1.92. The lowest BCUT2D eigenvalue weighted by Crippen LogP contribution is -2.16. The fourth-order valence-electron chi connectivity index (χ4n) is 2.51. The predicted octanol–water partition coefficient (Wildman–Crippen LogP) is 3.77. The Kier molecular flexibility index (Phi) is 4.79. The van der Waals surface area contributed by atoms with Gasteiger partial charge in [0.2, 0.25) is 0 Å². The maximum Gasteiger partial charge on any atom is 0.127 e. The first kappa shape index (κ1) is 15.0. The van der Waals surface area contributed by atoms with Gasteiger partial charge in [0.25, 0.3) is 0 Å². The second-order valence-electron chi connectivity index (χ2n) is 5.37. The van der Waals surface area contributed by atoms with E-state index >= 15 is 0 Å². The average molecular weight is 301 g/mol. The van der Waals surface area contributed by atoms with Gasteiger partial charge in [0, 0.05) is 18.0 Å². The van der Waals surface area contributed by atoms with E-state index in [-0.39, 0.29) is 6.04 Å². The SMILES string of the molecule is NC(=NC(Cc1ccccc1)c1ccccc1)c1cccnc1. The molecule has 3 nitrogen and oxygen atoms in total. The Hall–Kier alpha value is -2.94. The number of benzene rings is 2. The minimum Gasteiger partial charge on any atom is -0.383 e. The quantitative estimate of drug-likeness (QED) is 0.576. The van der Waals surface area contributed by atoms with E-state index in [0.29, 0.717) is 5.84 Å². The van der Waals surface area contributed by atoms with Crippen LogP contribution in [0.1, 0.15) is 22.7 Å². The summed E-state index contributed by atoms with van der Waals surface area (Å²) in [5.74, 6) is 0.517. The van der Waals surface area contributed by atoms with Crippen molar-refractivity contribution in [1.82, 2.24) is 4.98 Å². The van der Waals surface area contributed by atoms with Crippen LogP contribution >= 0.6 is 0 Å². The van der Waals surface area contributed by atoms with Crippen LogP contribution in [0.15, 0.2) is 90.2 Å². The molecule has 2 N–H and O–H groups in total. The van der Waals surface area contributed by atoms with Gasteiger partial charge in [0.05, 0.1) is 6.04 Å². The smallest absolute Gasteiger partial charge is 0.127 e. The van der Waals surface area contributed by atoms with E-state index in [9.17, 15) is 0 Å². The molecule has 0 amide bonds. The van der Waals surface area contributed by atoms with Gasteiger partial charge in [-0.15, -0.1) is 0 Å². The third-order valence-corrected chi connectivity index (χ3v) is 3.71. The molecule has 0 fully saturated rings. The second kappa shape index (κ2) is 7.36. The van der Waals surface area contributed by atoms with Crippen LogP contribution in [0.4, 0.5) is 0 Å². The van der Waals surface area contributed by atoms with Gasteiger partial charge >= 0.3 is 0 Å². The van der Waals surface area contributed by atoms with Gasteiger partial charge in [-0.3, -0.25) is 9.98 Å². The van der Waals surface area contributed by atoms with Gasteiger partial charge in [-0.25, -0.2) is 0 Å². The predicted molar refractivity (Wildman–Crippen MR) is 94.3 cm³/mol. The lowest BCUT2D eigenvalue weighted by molar-refractivity contribution is 0.723. The molecule has 2 aromatic carbocycles.